The fraction of sp³-hybridized carbons (Fsp3) is 0.312. The number of carboxylic acid groups (broad SMARTS) is 1. The molecular weight excluding hydrogens is 311 g/mol. The van der Waals surface area contributed by atoms with Crippen molar-refractivity contribution in [3.63, 3.8) is 0 Å². The molecule has 0 radical (unpaired) electrons. The molecule has 122 valence electrons. The predicted octanol–water partition coefficient (Wildman–Crippen LogP) is 3.24. The molecule has 0 amide bonds. The van der Waals surface area contributed by atoms with Crippen molar-refractivity contribution in [3.05, 3.63) is 41.5 Å². The Bertz CT molecular complexity index is 694. The first kappa shape index (κ1) is 15.5. The summed E-state index contributed by atoms with van der Waals surface area (Å²) in [5.74, 6) is -1.59. The zero-order chi connectivity index (χ0) is 16.6. The number of carboxylic acids is 1. The van der Waals surface area contributed by atoms with Gasteiger partial charge >= 0.3 is 12.1 Å². The largest absolute Gasteiger partial charge is 0.478 e. The molecule has 0 fully saturated rings. The van der Waals surface area contributed by atoms with Crippen LogP contribution in [0.3, 0.4) is 0 Å². The number of aliphatic carboxylic acids is 1. The smallest absolute Gasteiger partial charge is 0.430 e. The van der Waals surface area contributed by atoms with Crippen molar-refractivity contribution >= 4 is 17.7 Å². The van der Waals surface area contributed by atoms with Crippen molar-refractivity contribution in [1.82, 2.24) is 0 Å². The number of alkyl halides is 3. The van der Waals surface area contributed by atoms with Gasteiger partial charge in [0.05, 0.1) is 5.57 Å². The lowest BCUT2D eigenvalue weighted by molar-refractivity contribution is -0.187. The number of hydrogen-bond acceptors (Lipinski definition) is 3. The minimum absolute atomic E-state index is 0.0457. The first-order chi connectivity index (χ1) is 10.9. The third-order valence-electron chi connectivity index (χ3n) is 3.80. The zero-order valence-electron chi connectivity index (χ0n) is 12.0. The van der Waals surface area contributed by atoms with Gasteiger partial charge in [-0.15, -0.1) is 0 Å². The van der Waals surface area contributed by atoms with E-state index in [1.807, 2.05) is 17.1 Å². The molecule has 2 aliphatic rings. The number of rotatable bonds is 2. The molecule has 0 saturated carbocycles. The van der Waals surface area contributed by atoms with Crippen LogP contribution >= 0.6 is 0 Å². The van der Waals surface area contributed by atoms with Gasteiger partial charge in [0, 0.05) is 30.4 Å². The molecule has 23 heavy (non-hydrogen) atoms. The summed E-state index contributed by atoms with van der Waals surface area (Å²) < 4.78 is 44.1. The van der Waals surface area contributed by atoms with E-state index in [4.69, 9.17) is 9.84 Å². The summed E-state index contributed by atoms with van der Waals surface area (Å²) in [7, 11) is 0. The second-order valence-electron chi connectivity index (χ2n) is 5.37. The molecular formula is C16H14F3NO3. The number of fused-ring (bicyclic) bond motifs is 1. The monoisotopic (exact) mass is 325 g/mol. The Kier molecular flexibility index (Phi) is 3.79. The number of halogens is 3. The minimum atomic E-state index is -4.79. The van der Waals surface area contributed by atoms with Gasteiger partial charge in [0.2, 0.25) is 6.10 Å². The third kappa shape index (κ3) is 3.04. The van der Waals surface area contributed by atoms with Crippen LogP contribution in [0, 0.1) is 0 Å². The van der Waals surface area contributed by atoms with Crippen molar-refractivity contribution in [3.8, 4) is 5.75 Å². The van der Waals surface area contributed by atoms with E-state index in [0.717, 1.165) is 24.7 Å². The number of ether oxygens (including phenoxy) is 1. The molecule has 0 saturated heterocycles. The maximum atomic E-state index is 13.1. The molecule has 1 unspecified atom stereocenters. The lowest BCUT2D eigenvalue weighted by Gasteiger charge is -2.30. The Morgan fingerprint density at radius 2 is 2.09 bits per heavy atom. The lowest BCUT2D eigenvalue weighted by atomic mass is 10.0. The molecule has 0 spiro atoms. The number of carbonyl (C=O) groups is 1. The van der Waals surface area contributed by atoms with Gasteiger partial charge in [-0.05, 0) is 24.6 Å². The van der Waals surface area contributed by atoms with Crippen molar-refractivity contribution < 1.29 is 27.8 Å². The van der Waals surface area contributed by atoms with Gasteiger partial charge in [0.25, 0.3) is 0 Å². The lowest BCUT2D eigenvalue weighted by Crippen LogP contribution is -2.40. The maximum Gasteiger partial charge on any atom is 0.430 e. The van der Waals surface area contributed by atoms with Crippen LogP contribution in [0.5, 0.6) is 5.75 Å². The molecule has 0 aliphatic carbocycles. The summed E-state index contributed by atoms with van der Waals surface area (Å²) in [6.07, 6.45) is -1.31. The fourth-order valence-corrected chi connectivity index (χ4v) is 2.67. The van der Waals surface area contributed by atoms with Crippen molar-refractivity contribution in [2.24, 2.45) is 0 Å². The Morgan fingerprint density at radius 1 is 1.30 bits per heavy atom. The molecule has 4 nitrogen and oxygen atoms in total. The Hall–Kier alpha value is -2.44. The van der Waals surface area contributed by atoms with E-state index < -0.39 is 23.8 Å². The average Bonchev–Trinajstić information content (AvgIpc) is 2.53. The molecule has 0 aromatic heterocycles. The molecule has 3 rings (SSSR count). The van der Waals surface area contributed by atoms with Gasteiger partial charge in [0.1, 0.15) is 5.75 Å². The summed E-state index contributed by atoms with van der Waals surface area (Å²) in [6, 6.07) is 4.87. The molecule has 2 aliphatic heterocycles. The average molecular weight is 325 g/mol. The Morgan fingerprint density at radius 3 is 2.70 bits per heavy atom. The number of hydrogen-bond donors (Lipinski definition) is 1. The second-order valence-corrected chi connectivity index (χ2v) is 5.37. The summed E-state index contributed by atoms with van der Waals surface area (Å²) in [4.78, 5) is 13.1. The van der Waals surface area contributed by atoms with Crippen LogP contribution in [0.15, 0.2) is 35.9 Å². The van der Waals surface area contributed by atoms with E-state index >= 15 is 0 Å². The first-order valence-corrected chi connectivity index (χ1v) is 7.08. The van der Waals surface area contributed by atoms with Crippen LogP contribution < -0.4 is 9.64 Å². The van der Waals surface area contributed by atoms with Crippen molar-refractivity contribution in [2.75, 3.05) is 18.0 Å². The molecule has 1 N–H and O–H groups in total. The summed E-state index contributed by atoms with van der Waals surface area (Å²) in [5.41, 5.74) is 0.277. The van der Waals surface area contributed by atoms with Crippen LogP contribution in [0.25, 0.3) is 6.08 Å². The van der Waals surface area contributed by atoms with Gasteiger partial charge in [-0.1, -0.05) is 12.2 Å². The van der Waals surface area contributed by atoms with Crippen LogP contribution in [-0.2, 0) is 4.79 Å². The normalized spacial score (nSPS) is 20.6. The molecule has 2 heterocycles. The fourth-order valence-electron chi connectivity index (χ4n) is 2.67. The van der Waals surface area contributed by atoms with Crippen LogP contribution in [0.4, 0.5) is 18.9 Å². The van der Waals surface area contributed by atoms with Crippen LogP contribution in [0.2, 0.25) is 0 Å². The van der Waals surface area contributed by atoms with E-state index in [1.54, 1.807) is 12.1 Å². The van der Waals surface area contributed by atoms with Crippen molar-refractivity contribution in [1.29, 1.82) is 0 Å². The third-order valence-corrected chi connectivity index (χ3v) is 3.80. The summed E-state index contributed by atoms with van der Waals surface area (Å²) in [5, 5.41) is 8.99. The van der Waals surface area contributed by atoms with Gasteiger partial charge < -0.3 is 14.7 Å². The molecule has 1 aromatic rings. The number of nitrogens with zero attached hydrogens (tertiary/aromatic N) is 1. The van der Waals surface area contributed by atoms with E-state index in [2.05, 4.69) is 0 Å². The van der Waals surface area contributed by atoms with Crippen LogP contribution in [0.1, 0.15) is 12.0 Å². The second kappa shape index (κ2) is 5.64. The zero-order valence-corrected chi connectivity index (χ0v) is 12.0. The first-order valence-electron chi connectivity index (χ1n) is 7.08. The van der Waals surface area contributed by atoms with Gasteiger partial charge in [-0.25, -0.2) is 4.79 Å². The summed E-state index contributed by atoms with van der Waals surface area (Å²) in [6.45, 7) is 1.45. The van der Waals surface area contributed by atoms with Gasteiger partial charge in [0.15, 0.2) is 0 Å². The van der Waals surface area contributed by atoms with E-state index in [0.29, 0.717) is 12.1 Å². The minimum Gasteiger partial charge on any atom is -0.478 e. The quantitative estimate of drug-likeness (QED) is 0.848. The maximum absolute atomic E-state index is 13.1. The highest BCUT2D eigenvalue weighted by Gasteiger charge is 2.48. The van der Waals surface area contributed by atoms with E-state index in [-0.39, 0.29) is 5.75 Å². The number of anilines is 1. The highest BCUT2D eigenvalue weighted by molar-refractivity contribution is 5.95. The predicted molar refractivity (Wildman–Crippen MR) is 78.5 cm³/mol. The number of benzene rings is 1. The van der Waals surface area contributed by atoms with Gasteiger partial charge in [-0.2, -0.15) is 13.2 Å². The standard InChI is InChI=1S/C16H14F3NO3/c17-16(18,19)14-12(15(21)22)8-10-4-5-11(9-13(10)23-14)20-6-2-1-3-7-20/h1-2,4-5,8-9,14H,3,6-7H2,(H,21,22). The molecule has 1 aromatic carbocycles. The highest BCUT2D eigenvalue weighted by Crippen LogP contribution is 2.39. The Balaban J connectivity index is 1.98. The van der Waals surface area contributed by atoms with E-state index in [9.17, 15) is 18.0 Å². The topological polar surface area (TPSA) is 49.8 Å². The summed E-state index contributed by atoms with van der Waals surface area (Å²) >= 11 is 0. The van der Waals surface area contributed by atoms with E-state index in [1.165, 1.54) is 6.07 Å². The van der Waals surface area contributed by atoms with Gasteiger partial charge in [-0.3, -0.25) is 0 Å². The Labute approximate surface area is 130 Å². The molecule has 7 heteroatoms. The molecule has 0 bridgehead atoms. The SMILES string of the molecule is O=C(O)C1=Cc2ccc(N3CC=CCC3)cc2OC1C(F)(F)F. The highest BCUT2D eigenvalue weighted by atomic mass is 19.4. The molecule has 1 atom stereocenters. The van der Waals surface area contributed by atoms with Crippen molar-refractivity contribution in [2.45, 2.75) is 18.7 Å². The van der Waals surface area contributed by atoms with Crippen LogP contribution in [-0.4, -0.2) is 36.4 Å².